The van der Waals surface area contributed by atoms with Gasteiger partial charge in [0, 0.05) is 20.1 Å². The van der Waals surface area contributed by atoms with E-state index in [1.807, 2.05) is 20.9 Å². The third-order valence-corrected chi connectivity index (χ3v) is 4.05. The standard InChI is InChI=1S/C15H27N5O/c1-10(2)21-15-18-13(16-4)17-14(19-15)20(5)12-9-7-6-8-11(12)3/h10-12H,6-9H2,1-5H3,(H,16,17,18,19). The van der Waals surface area contributed by atoms with Crippen molar-refractivity contribution in [3.8, 4) is 6.01 Å². The zero-order valence-electron chi connectivity index (χ0n) is 13.8. The number of ether oxygens (including phenoxy) is 1. The van der Waals surface area contributed by atoms with E-state index in [1.54, 1.807) is 0 Å². The molecule has 2 atom stereocenters. The van der Waals surface area contributed by atoms with Gasteiger partial charge >= 0.3 is 6.01 Å². The van der Waals surface area contributed by atoms with Gasteiger partial charge in [-0.25, -0.2) is 0 Å². The average Bonchev–Trinajstić information content (AvgIpc) is 2.46. The van der Waals surface area contributed by atoms with Crippen LogP contribution in [0.25, 0.3) is 0 Å². The van der Waals surface area contributed by atoms with Crippen molar-refractivity contribution in [3.05, 3.63) is 0 Å². The second kappa shape index (κ2) is 6.91. The molecule has 0 spiro atoms. The molecular formula is C15H27N5O. The van der Waals surface area contributed by atoms with Crippen LogP contribution in [-0.2, 0) is 0 Å². The Kier molecular flexibility index (Phi) is 5.20. The Morgan fingerprint density at radius 3 is 2.52 bits per heavy atom. The van der Waals surface area contributed by atoms with Crippen molar-refractivity contribution in [3.63, 3.8) is 0 Å². The number of hydrogen-bond acceptors (Lipinski definition) is 6. The zero-order chi connectivity index (χ0) is 15.4. The predicted octanol–water partition coefficient (Wildman–Crippen LogP) is 2.72. The molecule has 1 aliphatic carbocycles. The van der Waals surface area contributed by atoms with Crippen LogP contribution in [0.2, 0.25) is 0 Å². The Hall–Kier alpha value is -1.59. The summed E-state index contributed by atoms with van der Waals surface area (Å²) >= 11 is 0. The van der Waals surface area contributed by atoms with Crippen molar-refractivity contribution in [1.29, 1.82) is 0 Å². The van der Waals surface area contributed by atoms with Gasteiger partial charge in [-0.15, -0.1) is 0 Å². The molecule has 1 aliphatic rings. The molecule has 0 aliphatic heterocycles. The fourth-order valence-electron chi connectivity index (χ4n) is 2.90. The third-order valence-electron chi connectivity index (χ3n) is 4.05. The molecule has 1 aromatic heterocycles. The van der Waals surface area contributed by atoms with Crippen molar-refractivity contribution in [1.82, 2.24) is 15.0 Å². The molecule has 1 aromatic rings. The lowest BCUT2D eigenvalue weighted by atomic mass is 9.85. The van der Waals surface area contributed by atoms with Gasteiger partial charge in [0.25, 0.3) is 0 Å². The lowest BCUT2D eigenvalue weighted by Gasteiger charge is -2.36. The molecule has 6 nitrogen and oxygen atoms in total. The average molecular weight is 293 g/mol. The number of hydrogen-bond donors (Lipinski definition) is 1. The molecule has 6 heteroatoms. The molecule has 2 unspecified atom stereocenters. The van der Waals surface area contributed by atoms with Crippen molar-refractivity contribution < 1.29 is 4.74 Å². The van der Waals surface area contributed by atoms with Gasteiger partial charge in [-0.05, 0) is 32.6 Å². The summed E-state index contributed by atoms with van der Waals surface area (Å²) in [6, 6.07) is 0.868. The summed E-state index contributed by atoms with van der Waals surface area (Å²) in [5, 5.41) is 2.98. The van der Waals surface area contributed by atoms with Crippen molar-refractivity contribution in [2.24, 2.45) is 5.92 Å². The minimum atomic E-state index is 0.0452. The molecule has 0 amide bonds. The van der Waals surface area contributed by atoms with Crippen LogP contribution >= 0.6 is 0 Å². The Balaban J connectivity index is 2.24. The molecule has 1 fully saturated rings. The SMILES string of the molecule is CNc1nc(OC(C)C)nc(N(C)C2CCCCC2C)n1. The van der Waals surface area contributed by atoms with E-state index in [1.165, 1.54) is 25.7 Å². The molecule has 1 heterocycles. The number of nitrogens with zero attached hydrogens (tertiary/aromatic N) is 4. The first-order chi connectivity index (χ1) is 10.0. The van der Waals surface area contributed by atoms with Crippen LogP contribution < -0.4 is 15.0 Å². The van der Waals surface area contributed by atoms with E-state index in [-0.39, 0.29) is 6.10 Å². The van der Waals surface area contributed by atoms with Gasteiger partial charge in [0.15, 0.2) is 0 Å². The van der Waals surface area contributed by atoms with E-state index in [0.717, 1.165) is 0 Å². The highest BCUT2D eigenvalue weighted by Crippen LogP contribution is 2.29. The number of rotatable bonds is 5. The Morgan fingerprint density at radius 2 is 1.90 bits per heavy atom. The highest BCUT2D eigenvalue weighted by Gasteiger charge is 2.27. The molecular weight excluding hydrogens is 266 g/mol. The van der Waals surface area contributed by atoms with Crippen LogP contribution in [0.4, 0.5) is 11.9 Å². The lowest BCUT2D eigenvalue weighted by Crippen LogP contribution is -2.40. The summed E-state index contributed by atoms with van der Waals surface area (Å²) in [5.41, 5.74) is 0. The molecule has 1 saturated carbocycles. The smallest absolute Gasteiger partial charge is 0.323 e. The number of anilines is 2. The molecule has 21 heavy (non-hydrogen) atoms. The van der Waals surface area contributed by atoms with Gasteiger partial charge in [-0.3, -0.25) is 0 Å². The van der Waals surface area contributed by atoms with Gasteiger partial charge in [0.2, 0.25) is 11.9 Å². The normalized spacial score (nSPS) is 22.2. The summed E-state index contributed by atoms with van der Waals surface area (Å²) in [7, 11) is 3.88. The van der Waals surface area contributed by atoms with Gasteiger partial charge in [-0.1, -0.05) is 19.8 Å². The quantitative estimate of drug-likeness (QED) is 0.900. The largest absolute Gasteiger partial charge is 0.461 e. The maximum absolute atomic E-state index is 5.63. The minimum absolute atomic E-state index is 0.0452. The fraction of sp³-hybridized carbons (Fsp3) is 0.800. The summed E-state index contributed by atoms with van der Waals surface area (Å²) in [6.45, 7) is 6.25. The lowest BCUT2D eigenvalue weighted by molar-refractivity contribution is 0.221. The van der Waals surface area contributed by atoms with E-state index in [4.69, 9.17) is 4.74 Å². The fourth-order valence-corrected chi connectivity index (χ4v) is 2.90. The highest BCUT2D eigenvalue weighted by atomic mass is 16.5. The third kappa shape index (κ3) is 3.95. The van der Waals surface area contributed by atoms with E-state index in [2.05, 4.69) is 39.1 Å². The van der Waals surface area contributed by atoms with E-state index in [9.17, 15) is 0 Å². The zero-order valence-corrected chi connectivity index (χ0v) is 13.8. The second-order valence-corrected chi connectivity index (χ2v) is 6.10. The van der Waals surface area contributed by atoms with Crippen LogP contribution in [-0.4, -0.2) is 41.2 Å². The van der Waals surface area contributed by atoms with Crippen molar-refractivity contribution >= 4 is 11.9 Å². The van der Waals surface area contributed by atoms with Gasteiger partial charge in [0.05, 0.1) is 6.10 Å². The molecule has 0 saturated heterocycles. The molecule has 0 radical (unpaired) electrons. The topological polar surface area (TPSA) is 63.2 Å². The first-order valence-corrected chi connectivity index (χ1v) is 7.84. The molecule has 0 bridgehead atoms. The molecule has 0 aromatic carbocycles. The second-order valence-electron chi connectivity index (χ2n) is 6.10. The number of nitrogens with one attached hydrogen (secondary N) is 1. The van der Waals surface area contributed by atoms with Crippen molar-refractivity contribution in [2.75, 3.05) is 24.3 Å². The Labute approximate surface area is 127 Å². The van der Waals surface area contributed by atoms with Gasteiger partial charge in [0.1, 0.15) is 0 Å². The first-order valence-electron chi connectivity index (χ1n) is 7.84. The Bertz CT molecular complexity index is 465. The molecule has 2 rings (SSSR count). The number of aromatic nitrogens is 3. The summed E-state index contributed by atoms with van der Waals surface area (Å²) in [4.78, 5) is 15.4. The van der Waals surface area contributed by atoms with Gasteiger partial charge < -0.3 is 15.0 Å². The van der Waals surface area contributed by atoms with Crippen LogP contribution in [0.3, 0.4) is 0 Å². The molecule has 118 valence electrons. The van der Waals surface area contributed by atoms with Crippen LogP contribution in [0.5, 0.6) is 6.01 Å². The van der Waals surface area contributed by atoms with E-state index >= 15 is 0 Å². The molecule has 1 N–H and O–H groups in total. The predicted molar refractivity (Wildman–Crippen MR) is 85.0 cm³/mol. The van der Waals surface area contributed by atoms with Gasteiger partial charge in [-0.2, -0.15) is 15.0 Å². The van der Waals surface area contributed by atoms with E-state index < -0.39 is 0 Å². The monoisotopic (exact) mass is 293 g/mol. The minimum Gasteiger partial charge on any atom is -0.461 e. The van der Waals surface area contributed by atoms with Crippen LogP contribution in [0.1, 0.15) is 46.5 Å². The summed E-state index contributed by atoms with van der Waals surface area (Å²) < 4.78 is 5.63. The summed E-state index contributed by atoms with van der Waals surface area (Å²) in [5.74, 6) is 1.89. The van der Waals surface area contributed by atoms with Crippen LogP contribution in [0, 0.1) is 5.92 Å². The first kappa shape index (κ1) is 15.8. The van der Waals surface area contributed by atoms with E-state index in [0.29, 0.717) is 29.9 Å². The van der Waals surface area contributed by atoms with Crippen molar-refractivity contribution in [2.45, 2.75) is 58.6 Å². The highest BCUT2D eigenvalue weighted by molar-refractivity contribution is 5.38. The summed E-state index contributed by atoms with van der Waals surface area (Å²) in [6.07, 6.45) is 5.11. The maximum atomic E-state index is 5.63. The Morgan fingerprint density at radius 1 is 1.19 bits per heavy atom. The maximum Gasteiger partial charge on any atom is 0.323 e. The van der Waals surface area contributed by atoms with Crippen LogP contribution in [0.15, 0.2) is 0 Å².